The third-order valence-electron chi connectivity index (χ3n) is 2.87. The molecule has 0 radical (unpaired) electrons. The molecule has 5 heteroatoms. The van der Waals surface area contributed by atoms with E-state index in [-0.39, 0.29) is 11.6 Å². The van der Waals surface area contributed by atoms with E-state index in [1.165, 1.54) is 42.1 Å². The van der Waals surface area contributed by atoms with Crippen LogP contribution in [-0.2, 0) is 0 Å². The van der Waals surface area contributed by atoms with E-state index in [0.29, 0.717) is 29.1 Å². The standard InChI is InChI=1S/C16H13F3OS/c17-12-5-3-11(4-6-12)16(20)2-1-9-21-13-7-8-14(18)15(19)10-13/h3-8,10H,1-2,9H2. The SMILES string of the molecule is O=C(CCCSc1ccc(F)c(F)c1)c1ccc(F)cc1. The molecule has 0 bridgehead atoms. The van der Waals surface area contributed by atoms with Gasteiger partial charge in [-0.2, -0.15) is 0 Å². The topological polar surface area (TPSA) is 17.1 Å². The molecule has 110 valence electrons. The molecule has 0 aliphatic heterocycles. The highest BCUT2D eigenvalue weighted by molar-refractivity contribution is 7.99. The Morgan fingerprint density at radius 1 is 0.952 bits per heavy atom. The number of thioether (sulfide) groups is 1. The van der Waals surface area contributed by atoms with E-state index in [2.05, 4.69) is 0 Å². The number of rotatable bonds is 6. The summed E-state index contributed by atoms with van der Waals surface area (Å²) in [6, 6.07) is 9.15. The highest BCUT2D eigenvalue weighted by atomic mass is 32.2. The molecule has 0 spiro atoms. The van der Waals surface area contributed by atoms with Crippen molar-refractivity contribution in [3.05, 3.63) is 65.5 Å². The lowest BCUT2D eigenvalue weighted by atomic mass is 10.1. The van der Waals surface area contributed by atoms with Gasteiger partial charge in [0.25, 0.3) is 0 Å². The van der Waals surface area contributed by atoms with Gasteiger partial charge in [-0.15, -0.1) is 11.8 Å². The minimum Gasteiger partial charge on any atom is -0.294 e. The molecule has 0 aliphatic rings. The summed E-state index contributed by atoms with van der Waals surface area (Å²) in [5.41, 5.74) is 0.481. The van der Waals surface area contributed by atoms with Crippen LogP contribution < -0.4 is 0 Å². The second kappa shape index (κ2) is 7.31. The Balaban J connectivity index is 1.77. The average molecular weight is 310 g/mol. The third kappa shape index (κ3) is 4.63. The Kier molecular flexibility index (Phi) is 5.44. The molecular formula is C16H13F3OS. The zero-order valence-electron chi connectivity index (χ0n) is 11.1. The van der Waals surface area contributed by atoms with Crippen LogP contribution in [0.3, 0.4) is 0 Å². The molecule has 2 rings (SSSR count). The number of halogens is 3. The molecule has 0 atom stereocenters. The van der Waals surface area contributed by atoms with Gasteiger partial charge in [-0.3, -0.25) is 4.79 Å². The highest BCUT2D eigenvalue weighted by Gasteiger charge is 2.07. The van der Waals surface area contributed by atoms with Gasteiger partial charge in [0.15, 0.2) is 17.4 Å². The van der Waals surface area contributed by atoms with Gasteiger partial charge in [-0.25, -0.2) is 13.2 Å². The van der Waals surface area contributed by atoms with Crippen LogP contribution in [0.5, 0.6) is 0 Å². The normalized spacial score (nSPS) is 10.6. The third-order valence-corrected chi connectivity index (χ3v) is 3.95. The number of ketones is 1. The Morgan fingerprint density at radius 2 is 1.67 bits per heavy atom. The minimum absolute atomic E-state index is 0.0547. The second-order valence-electron chi connectivity index (χ2n) is 4.46. The first-order valence-electron chi connectivity index (χ1n) is 6.43. The molecule has 1 nitrogen and oxygen atoms in total. The van der Waals surface area contributed by atoms with E-state index >= 15 is 0 Å². The molecule has 0 heterocycles. The number of benzene rings is 2. The predicted molar refractivity (Wildman–Crippen MR) is 77.0 cm³/mol. The number of hydrogen-bond acceptors (Lipinski definition) is 2. The molecule has 0 aliphatic carbocycles. The van der Waals surface area contributed by atoms with Crippen molar-refractivity contribution in [2.75, 3.05) is 5.75 Å². The van der Waals surface area contributed by atoms with Gasteiger partial charge in [0.05, 0.1) is 0 Å². The van der Waals surface area contributed by atoms with E-state index < -0.39 is 11.6 Å². The fraction of sp³-hybridized carbons (Fsp3) is 0.188. The lowest BCUT2D eigenvalue weighted by Gasteiger charge is -2.03. The first-order valence-corrected chi connectivity index (χ1v) is 7.41. The summed E-state index contributed by atoms with van der Waals surface area (Å²) < 4.78 is 38.5. The van der Waals surface area contributed by atoms with Crippen LogP contribution >= 0.6 is 11.8 Å². The maximum Gasteiger partial charge on any atom is 0.162 e. The summed E-state index contributed by atoms with van der Waals surface area (Å²) in [5.74, 6) is -1.55. The highest BCUT2D eigenvalue weighted by Crippen LogP contribution is 2.22. The van der Waals surface area contributed by atoms with Gasteiger partial charge in [-0.05, 0) is 54.6 Å². The smallest absolute Gasteiger partial charge is 0.162 e. The molecule has 0 N–H and O–H groups in total. The molecule has 2 aromatic carbocycles. The van der Waals surface area contributed by atoms with Gasteiger partial charge >= 0.3 is 0 Å². The molecule has 0 saturated heterocycles. The maximum absolute atomic E-state index is 13.0. The maximum atomic E-state index is 13.0. The zero-order valence-corrected chi connectivity index (χ0v) is 11.9. The van der Waals surface area contributed by atoms with Crippen LogP contribution in [0, 0.1) is 17.5 Å². The fourth-order valence-corrected chi connectivity index (χ4v) is 2.64. The van der Waals surface area contributed by atoms with Gasteiger partial charge in [0.1, 0.15) is 5.82 Å². The first-order chi connectivity index (χ1) is 10.1. The lowest BCUT2D eigenvalue weighted by Crippen LogP contribution is -1.99. The number of carbonyl (C=O) groups is 1. The molecular weight excluding hydrogens is 297 g/mol. The molecule has 0 amide bonds. The molecule has 0 aromatic heterocycles. The van der Waals surface area contributed by atoms with Crippen molar-refractivity contribution in [1.82, 2.24) is 0 Å². The van der Waals surface area contributed by atoms with Crippen molar-refractivity contribution in [2.24, 2.45) is 0 Å². The summed E-state index contributed by atoms with van der Waals surface area (Å²) in [7, 11) is 0. The summed E-state index contributed by atoms with van der Waals surface area (Å²) in [5, 5.41) is 0. The second-order valence-corrected chi connectivity index (χ2v) is 5.63. The molecule has 2 aromatic rings. The van der Waals surface area contributed by atoms with Crippen LogP contribution in [0.4, 0.5) is 13.2 Å². The molecule has 21 heavy (non-hydrogen) atoms. The summed E-state index contributed by atoms with van der Waals surface area (Å²) in [6.45, 7) is 0. The van der Waals surface area contributed by atoms with Gasteiger partial charge in [0, 0.05) is 16.9 Å². The Morgan fingerprint density at radius 3 is 2.33 bits per heavy atom. The lowest BCUT2D eigenvalue weighted by molar-refractivity contribution is 0.0982. The van der Waals surface area contributed by atoms with E-state index in [4.69, 9.17) is 0 Å². The minimum atomic E-state index is -0.873. The average Bonchev–Trinajstić information content (AvgIpc) is 2.47. The summed E-state index contributed by atoms with van der Waals surface area (Å²) in [6.07, 6.45) is 0.947. The van der Waals surface area contributed by atoms with Crippen LogP contribution in [0.15, 0.2) is 47.4 Å². The molecule has 0 saturated carbocycles. The quantitative estimate of drug-likeness (QED) is 0.430. The number of Topliss-reactive ketones (excluding diaryl/α,β-unsaturated/α-hetero) is 1. The van der Waals surface area contributed by atoms with Crippen LogP contribution in [-0.4, -0.2) is 11.5 Å². The van der Waals surface area contributed by atoms with E-state index in [1.54, 1.807) is 0 Å². The van der Waals surface area contributed by atoms with Crippen molar-refractivity contribution >= 4 is 17.5 Å². The fourth-order valence-electron chi connectivity index (χ4n) is 1.77. The molecule has 0 fully saturated rings. The number of carbonyl (C=O) groups excluding carboxylic acids is 1. The van der Waals surface area contributed by atoms with Gasteiger partial charge < -0.3 is 0 Å². The zero-order chi connectivity index (χ0) is 15.2. The van der Waals surface area contributed by atoms with Crippen LogP contribution in [0.2, 0.25) is 0 Å². The van der Waals surface area contributed by atoms with Crippen molar-refractivity contribution in [3.8, 4) is 0 Å². The number of hydrogen-bond donors (Lipinski definition) is 0. The Bertz CT molecular complexity index is 626. The first kappa shape index (κ1) is 15.6. The van der Waals surface area contributed by atoms with Crippen molar-refractivity contribution in [3.63, 3.8) is 0 Å². The van der Waals surface area contributed by atoms with E-state index in [0.717, 1.165) is 12.1 Å². The Labute approximate surface area is 125 Å². The summed E-state index contributed by atoms with van der Waals surface area (Å²) in [4.78, 5) is 12.5. The molecule has 0 unspecified atom stereocenters. The van der Waals surface area contributed by atoms with Gasteiger partial charge in [0.2, 0.25) is 0 Å². The largest absolute Gasteiger partial charge is 0.294 e. The monoisotopic (exact) mass is 310 g/mol. The van der Waals surface area contributed by atoms with Gasteiger partial charge in [-0.1, -0.05) is 0 Å². The predicted octanol–water partition coefficient (Wildman–Crippen LogP) is 4.86. The summed E-state index contributed by atoms with van der Waals surface area (Å²) >= 11 is 1.36. The van der Waals surface area contributed by atoms with E-state index in [9.17, 15) is 18.0 Å². The van der Waals surface area contributed by atoms with E-state index in [1.807, 2.05) is 0 Å². The van der Waals surface area contributed by atoms with Crippen molar-refractivity contribution < 1.29 is 18.0 Å². The van der Waals surface area contributed by atoms with Crippen LogP contribution in [0.1, 0.15) is 23.2 Å². The van der Waals surface area contributed by atoms with Crippen molar-refractivity contribution in [1.29, 1.82) is 0 Å². The van der Waals surface area contributed by atoms with Crippen LogP contribution in [0.25, 0.3) is 0 Å². The van der Waals surface area contributed by atoms with Crippen molar-refractivity contribution in [2.45, 2.75) is 17.7 Å². The Hall–Kier alpha value is -1.75.